The SMILES string of the molecule is CCC(C(=O)Nc1cc(Cl)ccc1C)n1cnc2sc(C(=O)Nc3ccccc3C)c(C)c2c1=O. The summed E-state index contributed by atoms with van der Waals surface area (Å²) in [6.07, 6.45) is 1.75. The molecular weight excluding hydrogens is 484 g/mol. The average Bonchev–Trinajstić information content (AvgIpc) is 3.17. The van der Waals surface area contributed by atoms with Crippen LogP contribution in [0.25, 0.3) is 10.2 Å². The molecule has 0 spiro atoms. The third-order valence-electron chi connectivity index (χ3n) is 5.96. The maximum Gasteiger partial charge on any atom is 0.266 e. The van der Waals surface area contributed by atoms with Gasteiger partial charge in [-0.3, -0.25) is 19.0 Å². The van der Waals surface area contributed by atoms with Crippen LogP contribution >= 0.6 is 22.9 Å². The van der Waals surface area contributed by atoms with Crippen LogP contribution in [-0.4, -0.2) is 21.4 Å². The molecule has 0 saturated heterocycles. The molecule has 2 heterocycles. The molecule has 35 heavy (non-hydrogen) atoms. The number of aromatic nitrogens is 2. The van der Waals surface area contributed by atoms with E-state index in [4.69, 9.17) is 11.6 Å². The molecule has 0 radical (unpaired) electrons. The maximum absolute atomic E-state index is 13.5. The number of carbonyl (C=O) groups excluding carboxylic acids is 2. The number of rotatable bonds is 6. The molecule has 2 N–H and O–H groups in total. The van der Waals surface area contributed by atoms with E-state index in [0.717, 1.165) is 22.5 Å². The van der Waals surface area contributed by atoms with Crippen LogP contribution in [0.15, 0.2) is 53.6 Å². The van der Waals surface area contributed by atoms with E-state index in [-0.39, 0.29) is 17.4 Å². The zero-order chi connectivity index (χ0) is 25.3. The van der Waals surface area contributed by atoms with Crippen LogP contribution in [0.4, 0.5) is 11.4 Å². The molecule has 2 aromatic carbocycles. The standard InChI is InChI=1S/C26H25ClN4O3S/c1-5-20(23(32)30-19-12-17(27)11-10-15(19)3)31-13-28-25-21(26(31)34)16(4)22(35-25)24(33)29-18-9-7-6-8-14(18)2/h6-13,20H,5H2,1-4H3,(H,29,33)(H,30,32). The molecule has 0 saturated carbocycles. The van der Waals surface area contributed by atoms with Gasteiger partial charge in [0.2, 0.25) is 5.91 Å². The van der Waals surface area contributed by atoms with E-state index in [0.29, 0.717) is 43.5 Å². The lowest BCUT2D eigenvalue weighted by atomic mass is 10.1. The van der Waals surface area contributed by atoms with Crippen LogP contribution in [0, 0.1) is 20.8 Å². The molecule has 2 amide bonds. The fourth-order valence-corrected chi connectivity index (χ4v) is 5.13. The fourth-order valence-electron chi connectivity index (χ4n) is 3.92. The normalized spacial score (nSPS) is 11.9. The van der Waals surface area contributed by atoms with E-state index in [1.165, 1.54) is 10.9 Å². The van der Waals surface area contributed by atoms with Crippen molar-refractivity contribution in [3.05, 3.63) is 85.7 Å². The van der Waals surface area contributed by atoms with Gasteiger partial charge in [-0.2, -0.15) is 0 Å². The van der Waals surface area contributed by atoms with Crippen LogP contribution in [0.3, 0.4) is 0 Å². The van der Waals surface area contributed by atoms with Crippen molar-refractivity contribution in [1.29, 1.82) is 0 Å². The summed E-state index contributed by atoms with van der Waals surface area (Å²) >= 11 is 7.24. The zero-order valence-corrected chi connectivity index (χ0v) is 21.4. The van der Waals surface area contributed by atoms with Crippen molar-refractivity contribution in [2.75, 3.05) is 10.6 Å². The van der Waals surface area contributed by atoms with Gasteiger partial charge >= 0.3 is 0 Å². The van der Waals surface area contributed by atoms with Crippen LogP contribution in [-0.2, 0) is 4.79 Å². The number of nitrogens with zero attached hydrogens (tertiary/aromatic N) is 2. The van der Waals surface area contributed by atoms with Gasteiger partial charge in [0, 0.05) is 16.4 Å². The van der Waals surface area contributed by atoms with E-state index in [9.17, 15) is 14.4 Å². The smallest absolute Gasteiger partial charge is 0.266 e. The minimum atomic E-state index is -0.777. The molecule has 0 aliphatic rings. The Balaban J connectivity index is 1.68. The molecule has 0 aliphatic carbocycles. The molecule has 0 fully saturated rings. The predicted octanol–water partition coefficient (Wildman–Crippen LogP) is 5.88. The Kier molecular flexibility index (Phi) is 7.05. The Bertz CT molecular complexity index is 1510. The number of benzene rings is 2. The van der Waals surface area contributed by atoms with E-state index in [1.807, 2.05) is 51.1 Å². The molecule has 180 valence electrons. The van der Waals surface area contributed by atoms with E-state index >= 15 is 0 Å². The molecular formula is C26H25ClN4O3S. The topological polar surface area (TPSA) is 93.1 Å². The number of para-hydroxylation sites is 1. The number of thiophene rings is 1. The fraction of sp³-hybridized carbons (Fsp3) is 0.231. The molecule has 7 nitrogen and oxygen atoms in total. The van der Waals surface area contributed by atoms with Crippen molar-refractivity contribution in [1.82, 2.24) is 9.55 Å². The highest BCUT2D eigenvalue weighted by Gasteiger charge is 2.25. The number of nitrogens with one attached hydrogen (secondary N) is 2. The Morgan fingerprint density at radius 1 is 1.06 bits per heavy atom. The number of anilines is 2. The van der Waals surface area contributed by atoms with Gasteiger partial charge in [-0.25, -0.2) is 4.98 Å². The van der Waals surface area contributed by atoms with E-state index < -0.39 is 6.04 Å². The summed E-state index contributed by atoms with van der Waals surface area (Å²) in [6, 6.07) is 11.9. The first-order valence-corrected chi connectivity index (χ1v) is 12.3. The lowest BCUT2D eigenvalue weighted by Crippen LogP contribution is -2.33. The lowest BCUT2D eigenvalue weighted by Gasteiger charge is -2.18. The van der Waals surface area contributed by atoms with Gasteiger partial charge in [-0.1, -0.05) is 42.8 Å². The summed E-state index contributed by atoms with van der Waals surface area (Å²) < 4.78 is 1.33. The van der Waals surface area contributed by atoms with Crippen molar-refractivity contribution in [2.24, 2.45) is 0 Å². The molecule has 1 atom stereocenters. The monoisotopic (exact) mass is 508 g/mol. The summed E-state index contributed by atoms with van der Waals surface area (Å²) in [5, 5.41) is 6.63. The minimum absolute atomic E-state index is 0.299. The van der Waals surface area contributed by atoms with Crippen molar-refractivity contribution in [3.63, 3.8) is 0 Å². The number of amides is 2. The highest BCUT2D eigenvalue weighted by atomic mass is 35.5. The largest absolute Gasteiger partial charge is 0.324 e. The van der Waals surface area contributed by atoms with Gasteiger partial charge in [0.05, 0.1) is 16.6 Å². The number of carbonyl (C=O) groups is 2. The Labute approximate surface area is 211 Å². The summed E-state index contributed by atoms with van der Waals surface area (Å²) in [5.74, 6) is -0.640. The van der Waals surface area contributed by atoms with Gasteiger partial charge < -0.3 is 10.6 Å². The van der Waals surface area contributed by atoms with Crippen LogP contribution in [0.1, 0.15) is 45.7 Å². The number of halogens is 1. The van der Waals surface area contributed by atoms with Crippen molar-refractivity contribution >= 4 is 56.3 Å². The van der Waals surface area contributed by atoms with Crippen LogP contribution in [0.2, 0.25) is 5.02 Å². The molecule has 2 aromatic heterocycles. The zero-order valence-electron chi connectivity index (χ0n) is 19.8. The predicted molar refractivity (Wildman–Crippen MR) is 142 cm³/mol. The quantitative estimate of drug-likeness (QED) is 0.340. The second kappa shape index (κ2) is 10.0. The van der Waals surface area contributed by atoms with Gasteiger partial charge in [0.15, 0.2) is 0 Å². The second-order valence-electron chi connectivity index (χ2n) is 8.33. The first-order chi connectivity index (χ1) is 16.7. The van der Waals surface area contributed by atoms with Crippen molar-refractivity contribution < 1.29 is 9.59 Å². The van der Waals surface area contributed by atoms with Crippen LogP contribution in [0.5, 0.6) is 0 Å². The Hall–Kier alpha value is -3.49. The van der Waals surface area contributed by atoms with E-state index in [2.05, 4.69) is 15.6 Å². The Morgan fingerprint density at radius 3 is 2.49 bits per heavy atom. The first-order valence-electron chi connectivity index (χ1n) is 11.2. The number of hydrogen-bond acceptors (Lipinski definition) is 5. The van der Waals surface area contributed by atoms with Gasteiger partial charge in [0.25, 0.3) is 11.5 Å². The first kappa shape index (κ1) is 24.6. The van der Waals surface area contributed by atoms with Crippen LogP contribution < -0.4 is 16.2 Å². The summed E-state index contributed by atoms with van der Waals surface area (Å²) in [6.45, 7) is 7.34. The summed E-state index contributed by atoms with van der Waals surface area (Å²) in [5.41, 5.74) is 3.28. The molecule has 0 aliphatic heterocycles. The number of aryl methyl sites for hydroxylation is 3. The summed E-state index contributed by atoms with van der Waals surface area (Å²) in [4.78, 5) is 44.9. The molecule has 4 aromatic rings. The van der Waals surface area contributed by atoms with Crippen molar-refractivity contribution in [3.8, 4) is 0 Å². The second-order valence-corrected chi connectivity index (χ2v) is 9.77. The molecule has 1 unspecified atom stereocenters. The average molecular weight is 509 g/mol. The third kappa shape index (κ3) is 4.85. The highest BCUT2D eigenvalue weighted by Crippen LogP contribution is 2.29. The number of hydrogen-bond donors (Lipinski definition) is 2. The van der Waals surface area contributed by atoms with Gasteiger partial charge in [-0.05, 0) is 62.1 Å². The minimum Gasteiger partial charge on any atom is -0.324 e. The summed E-state index contributed by atoms with van der Waals surface area (Å²) in [7, 11) is 0. The van der Waals surface area contributed by atoms with Gasteiger partial charge in [0.1, 0.15) is 10.9 Å². The lowest BCUT2D eigenvalue weighted by molar-refractivity contribution is -0.119. The van der Waals surface area contributed by atoms with Gasteiger partial charge in [-0.15, -0.1) is 11.3 Å². The maximum atomic E-state index is 13.5. The Morgan fingerprint density at radius 2 is 1.77 bits per heavy atom. The van der Waals surface area contributed by atoms with E-state index in [1.54, 1.807) is 19.1 Å². The third-order valence-corrected chi connectivity index (χ3v) is 7.39. The highest BCUT2D eigenvalue weighted by molar-refractivity contribution is 7.20. The molecule has 4 rings (SSSR count). The number of fused-ring (bicyclic) bond motifs is 1. The van der Waals surface area contributed by atoms with Crippen molar-refractivity contribution in [2.45, 2.75) is 40.2 Å². The molecule has 0 bridgehead atoms. The molecule has 9 heteroatoms.